The summed E-state index contributed by atoms with van der Waals surface area (Å²) < 4.78 is 10.1. The highest BCUT2D eigenvalue weighted by Crippen LogP contribution is 2.31. The quantitative estimate of drug-likeness (QED) is 0.620. The maximum atomic E-state index is 11.5. The van der Waals surface area contributed by atoms with E-state index >= 15 is 0 Å². The summed E-state index contributed by atoms with van der Waals surface area (Å²) in [5.41, 5.74) is -0.0672. The topological polar surface area (TPSA) is 35.5 Å². The number of hydrogen-bond acceptors (Lipinski definition) is 3. The van der Waals surface area contributed by atoms with Crippen LogP contribution in [-0.2, 0) is 14.3 Å². The Labute approximate surface area is 86.8 Å². The van der Waals surface area contributed by atoms with E-state index in [2.05, 4.69) is 20.8 Å². The highest BCUT2D eigenvalue weighted by Gasteiger charge is 2.34. The van der Waals surface area contributed by atoms with Crippen LogP contribution in [0.2, 0.25) is 0 Å². The number of hydrogen-bond donors (Lipinski definition) is 0. The van der Waals surface area contributed by atoms with Crippen LogP contribution >= 0.6 is 0 Å². The van der Waals surface area contributed by atoms with Crippen LogP contribution in [0.15, 0.2) is 0 Å². The Morgan fingerprint density at radius 1 is 1.36 bits per heavy atom. The average Bonchev–Trinajstić information content (AvgIpc) is 2.17. The van der Waals surface area contributed by atoms with Gasteiger partial charge >= 0.3 is 5.97 Å². The summed E-state index contributed by atoms with van der Waals surface area (Å²) in [5.74, 6) is -0.345. The van der Waals surface area contributed by atoms with E-state index in [0.717, 1.165) is 6.42 Å². The predicted molar refractivity (Wildman–Crippen MR) is 56.1 cm³/mol. The summed E-state index contributed by atoms with van der Waals surface area (Å²) in [5, 5.41) is 0. The number of methoxy groups -OCH3 is 1. The molecule has 0 rings (SSSR count). The van der Waals surface area contributed by atoms with E-state index in [1.54, 1.807) is 0 Å². The zero-order valence-electron chi connectivity index (χ0n) is 9.92. The molecule has 3 heteroatoms. The lowest BCUT2D eigenvalue weighted by atomic mass is 9.77. The summed E-state index contributed by atoms with van der Waals surface area (Å²) in [7, 11) is 1.42. The zero-order chi connectivity index (χ0) is 11.2. The van der Waals surface area contributed by atoms with Gasteiger partial charge in [-0.05, 0) is 12.3 Å². The van der Waals surface area contributed by atoms with Crippen LogP contribution in [0.5, 0.6) is 0 Å². The molecule has 0 fully saturated rings. The van der Waals surface area contributed by atoms with Crippen molar-refractivity contribution in [3.05, 3.63) is 0 Å². The van der Waals surface area contributed by atoms with Crippen molar-refractivity contribution < 1.29 is 14.3 Å². The monoisotopic (exact) mass is 202 g/mol. The predicted octanol–water partition coefficient (Wildman–Crippen LogP) is 2.25. The highest BCUT2D eigenvalue weighted by molar-refractivity contribution is 5.73. The SMILES string of the molecule is CCOCC(C(=O)OC)C(C)(C)CC. The van der Waals surface area contributed by atoms with Crippen molar-refractivity contribution in [1.29, 1.82) is 0 Å². The molecule has 3 nitrogen and oxygen atoms in total. The number of ether oxygens (including phenoxy) is 2. The van der Waals surface area contributed by atoms with Crippen molar-refractivity contribution in [2.75, 3.05) is 20.3 Å². The molecule has 0 bridgehead atoms. The highest BCUT2D eigenvalue weighted by atomic mass is 16.5. The van der Waals surface area contributed by atoms with Gasteiger partial charge in [-0.2, -0.15) is 0 Å². The third-order valence-electron chi connectivity index (χ3n) is 2.83. The van der Waals surface area contributed by atoms with E-state index in [4.69, 9.17) is 9.47 Å². The Morgan fingerprint density at radius 2 is 1.93 bits per heavy atom. The van der Waals surface area contributed by atoms with Crippen LogP contribution in [0.3, 0.4) is 0 Å². The first-order valence-electron chi connectivity index (χ1n) is 5.15. The molecule has 0 aliphatic heterocycles. The first-order chi connectivity index (χ1) is 6.49. The molecule has 0 N–H and O–H groups in total. The Bertz CT molecular complexity index is 175. The van der Waals surface area contributed by atoms with Crippen molar-refractivity contribution in [2.45, 2.75) is 34.1 Å². The minimum absolute atomic E-state index is 0.0672. The van der Waals surface area contributed by atoms with Crippen LogP contribution in [0, 0.1) is 11.3 Å². The largest absolute Gasteiger partial charge is 0.469 e. The second kappa shape index (κ2) is 6.02. The number of esters is 1. The van der Waals surface area contributed by atoms with Crippen LogP contribution in [0.4, 0.5) is 0 Å². The molecule has 0 aromatic heterocycles. The van der Waals surface area contributed by atoms with Crippen molar-refractivity contribution in [3.63, 3.8) is 0 Å². The minimum Gasteiger partial charge on any atom is -0.469 e. The van der Waals surface area contributed by atoms with E-state index in [1.807, 2.05) is 6.92 Å². The maximum Gasteiger partial charge on any atom is 0.311 e. The Balaban J connectivity index is 4.46. The Hall–Kier alpha value is -0.570. The summed E-state index contributed by atoms with van der Waals surface area (Å²) in [6.07, 6.45) is 0.930. The molecule has 0 saturated carbocycles. The molecule has 0 amide bonds. The summed E-state index contributed by atoms with van der Waals surface area (Å²) >= 11 is 0. The van der Waals surface area contributed by atoms with Crippen LogP contribution in [0.25, 0.3) is 0 Å². The standard InChI is InChI=1S/C11H22O3/c1-6-11(3,4)9(8-14-7-2)10(12)13-5/h9H,6-8H2,1-5H3. The van der Waals surface area contributed by atoms with Gasteiger partial charge < -0.3 is 9.47 Å². The van der Waals surface area contributed by atoms with E-state index in [1.165, 1.54) is 7.11 Å². The molecule has 0 heterocycles. The van der Waals surface area contributed by atoms with Gasteiger partial charge in [0.05, 0.1) is 19.6 Å². The van der Waals surface area contributed by atoms with Gasteiger partial charge in [0.2, 0.25) is 0 Å². The minimum atomic E-state index is -0.176. The summed E-state index contributed by atoms with van der Waals surface area (Å²) in [6.45, 7) is 9.20. The number of carbonyl (C=O) groups excluding carboxylic acids is 1. The van der Waals surface area contributed by atoms with E-state index in [0.29, 0.717) is 13.2 Å². The third kappa shape index (κ3) is 3.66. The van der Waals surface area contributed by atoms with Crippen LogP contribution in [0.1, 0.15) is 34.1 Å². The molecule has 0 aliphatic rings. The molecule has 0 aliphatic carbocycles. The molecule has 14 heavy (non-hydrogen) atoms. The van der Waals surface area contributed by atoms with Crippen LogP contribution < -0.4 is 0 Å². The summed E-state index contributed by atoms with van der Waals surface area (Å²) in [6, 6.07) is 0. The molecule has 1 unspecified atom stereocenters. The van der Waals surface area contributed by atoms with Crippen molar-refractivity contribution in [2.24, 2.45) is 11.3 Å². The molecule has 84 valence electrons. The lowest BCUT2D eigenvalue weighted by Gasteiger charge is -2.30. The van der Waals surface area contributed by atoms with Gasteiger partial charge in [-0.25, -0.2) is 0 Å². The lowest BCUT2D eigenvalue weighted by Crippen LogP contribution is -2.35. The fourth-order valence-corrected chi connectivity index (χ4v) is 1.24. The Kier molecular flexibility index (Phi) is 5.77. The molecule has 0 radical (unpaired) electrons. The lowest BCUT2D eigenvalue weighted by molar-refractivity contribution is -0.152. The van der Waals surface area contributed by atoms with Gasteiger partial charge in [0.15, 0.2) is 0 Å². The molecular weight excluding hydrogens is 180 g/mol. The average molecular weight is 202 g/mol. The first-order valence-corrected chi connectivity index (χ1v) is 5.15. The molecule has 1 atom stereocenters. The van der Waals surface area contributed by atoms with Crippen molar-refractivity contribution in [1.82, 2.24) is 0 Å². The van der Waals surface area contributed by atoms with Gasteiger partial charge in [0, 0.05) is 6.61 Å². The van der Waals surface area contributed by atoms with Crippen molar-refractivity contribution in [3.8, 4) is 0 Å². The second-order valence-electron chi connectivity index (χ2n) is 4.08. The number of rotatable bonds is 6. The number of carbonyl (C=O) groups is 1. The first kappa shape index (κ1) is 13.4. The maximum absolute atomic E-state index is 11.5. The van der Waals surface area contributed by atoms with E-state index < -0.39 is 0 Å². The fraction of sp³-hybridized carbons (Fsp3) is 0.909. The van der Waals surface area contributed by atoms with Gasteiger partial charge in [0.25, 0.3) is 0 Å². The molecular formula is C11H22O3. The van der Waals surface area contributed by atoms with Crippen molar-refractivity contribution >= 4 is 5.97 Å². The van der Waals surface area contributed by atoms with E-state index in [9.17, 15) is 4.79 Å². The van der Waals surface area contributed by atoms with Gasteiger partial charge in [-0.15, -0.1) is 0 Å². The molecule has 0 aromatic rings. The Morgan fingerprint density at radius 3 is 2.29 bits per heavy atom. The van der Waals surface area contributed by atoms with Gasteiger partial charge in [-0.1, -0.05) is 27.2 Å². The van der Waals surface area contributed by atoms with Crippen LogP contribution in [-0.4, -0.2) is 26.3 Å². The smallest absolute Gasteiger partial charge is 0.311 e. The van der Waals surface area contributed by atoms with Gasteiger partial charge in [-0.3, -0.25) is 4.79 Å². The third-order valence-corrected chi connectivity index (χ3v) is 2.83. The molecule has 0 saturated heterocycles. The molecule has 0 aromatic carbocycles. The summed E-state index contributed by atoms with van der Waals surface area (Å²) in [4.78, 5) is 11.5. The fourth-order valence-electron chi connectivity index (χ4n) is 1.24. The second-order valence-corrected chi connectivity index (χ2v) is 4.08. The zero-order valence-corrected chi connectivity index (χ0v) is 9.92. The molecule has 0 spiro atoms. The van der Waals surface area contributed by atoms with Gasteiger partial charge in [0.1, 0.15) is 0 Å². The van der Waals surface area contributed by atoms with E-state index in [-0.39, 0.29) is 17.3 Å². The normalized spacial score (nSPS) is 13.8.